The van der Waals surface area contributed by atoms with Crippen molar-refractivity contribution in [2.75, 3.05) is 0 Å². The number of ether oxygens (including phenoxy) is 1. The van der Waals surface area contributed by atoms with Gasteiger partial charge >= 0.3 is 6.11 Å². The van der Waals surface area contributed by atoms with E-state index in [9.17, 15) is 26.3 Å². The van der Waals surface area contributed by atoms with Crippen molar-refractivity contribution in [2.45, 2.75) is 6.11 Å². The molecule has 0 aliphatic carbocycles. The van der Waals surface area contributed by atoms with Crippen molar-refractivity contribution in [1.82, 2.24) is 0 Å². The first kappa shape index (κ1) is 21.5. The molecule has 0 bridgehead atoms. The van der Waals surface area contributed by atoms with Crippen LogP contribution in [0.5, 0.6) is 5.75 Å². The normalized spacial score (nSPS) is 11.4. The first-order valence-corrected chi connectivity index (χ1v) is 9.42. The van der Waals surface area contributed by atoms with Crippen LogP contribution >= 0.6 is 0 Å². The summed E-state index contributed by atoms with van der Waals surface area (Å²) in [6.45, 7) is 0. The molecule has 4 aromatic carbocycles. The Morgan fingerprint density at radius 3 is 1.75 bits per heavy atom. The van der Waals surface area contributed by atoms with E-state index >= 15 is 0 Å². The van der Waals surface area contributed by atoms with Crippen LogP contribution < -0.4 is 4.74 Å². The summed E-state index contributed by atoms with van der Waals surface area (Å²) in [4.78, 5) is 0. The van der Waals surface area contributed by atoms with Crippen LogP contribution in [0.2, 0.25) is 0 Å². The van der Waals surface area contributed by atoms with Crippen molar-refractivity contribution in [1.29, 1.82) is 0 Å². The Bertz CT molecular complexity index is 1230. The molecule has 0 fully saturated rings. The highest BCUT2D eigenvalue weighted by molar-refractivity contribution is 5.71. The number of hydrogen-bond acceptors (Lipinski definition) is 1. The van der Waals surface area contributed by atoms with Crippen molar-refractivity contribution in [2.24, 2.45) is 0 Å². The Kier molecular flexibility index (Phi) is 5.65. The Morgan fingerprint density at radius 2 is 1.16 bits per heavy atom. The molecule has 0 aliphatic heterocycles. The zero-order valence-corrected chi connectivity index (χ0v) is 16.3. The van der Waals surface area contributed by atoms with Gasteiger partial charge in [0, 0.05) is 17.7 Å². The van der Waals surface area contributed by atoms with Gasteiger partial charge in [0.15, 0.2) is 17.5 Å². The monoisotopic (exact) mass is 444 g/mol. The SMILES string of the molecule is Fc1cc(-c2ccccc2)ccc1-c1ccc(C(F)(F)Oc2cc(F)c(F)c(F)c2)cc1. The maximum Gasteiger partial charge on any atom is 0.426 e. The summed E-state index contributed by atoms with van der Waals surface area (Å²) in [5.41, 5.74) is 1.43. The molecule has 162 valence electrons. The van der Waals surface area contributed by atoms with Gasteiger partial charge < -0.3 is 4.74 Å². The molecule has 7 heteroatoms. The molecule has 4 aromatic rings. The van der Waals surface area contributed by atoms with Gasteiger partial charge in [0.2, 0.25) is 0 Å². The largest absolute Gasteiger partial charge is 0.429 e. The molecule has 0 saturated heterocycles. The van der Waals surface area contributed by atoms with E-state index in [1.165, 1.54) is 18.2 Å². The Hall–Kier alpha value is -3.74. The summed E-state index contributed by atoms with van der Waals surface area (Å²) in [7, 11) is 0. The minimum atomic E-state index is -3.97. The third-order valence-electron chi connectivity index (χ3n) is 4.81. The summed E-state index contributed by atoms with van der Waals surface area (Å²) < 4.78 is 87.4. The molecule has 0 radical (unpaired) electrons. The second kappa shape index (κ2) is 8.42. The number of alkyl halides is 2. The van der Waals surface area contributed by atoms with Crippen molar-refractivity contribution in [3.8, 4) is 28.0 Å². The molecule has 4 rings (SSSR count). The molecular weight excluding hydrogens is 430 g/mol. The van der Waals surface area contributed by atoms with Crippen molar-refractivity contribution >= 4 is 0 Å². The second-order valence-electron chi connectivity index (χ2n) is 6.96. The fourth-order valence-corrected chi connectivity index (χ4v) is 3.20. The summed E-state index contributed by atoms with van der Waals surface area (Å²) in [5.74, 6) is -6.50. The lowest BCUT2D eigenvalue weighted by Gasteiger charge is -2.19. The lowest BCUT2D eigenvalue weighted by atomic mass is 9.99. The van der Waals surface area contributed by atoms with Gasteiger partial charge in [0.1, 0.15) is 11.6 Å². The molecule has 1 nitrogen and oxygen atoms in total. The number of rotatable bonds is 5. The van der Waals surface area contributed by atoms with Crippen LogP contribution in [0.25, 0.3) is 22.3 Å². The molecule has 0 atom stereocenters. The van der Waals surface area contributed by atoms with Crippen LogP contribution in [-0.4, -0.2) is 0 Å². The van der Waals surface area contributed by atoms with Gasteiger partial charge in [-0.1, -0.05) is 54.6 Å². The first-order chi connectivity index (χ1) is 15.2. The van der Waals surface area contributed by atoms with E-state index in [1.54, 1.807) is 12.1 Å². The summed E-state index contributed by atoms with van der Waals surface area (Å²) in [6, 6.07) is 19.0. The van der Waals surface area contributed by atoms with Crippen LogP contribution in [0.1, 0.15) is 5.56 Å². The van der Waals surface area contributed by atoms with E-state index in [0.717, 1.165) is 17.7 Å². The van der Waals surface area contributed by atoms with Crippen molar-refractivity contribution < 1.29 is 31.1 Å². The minimum absolute atomic E-state index is 0.211. The summed E-state index contributed by atoms with van der Waals surface area (Å²) in [6.07, 6.45) is -3.97. The number of halogens is 6. The van der Waals surface area contributed by atoms with E-state index in [2.05, 4.69) is 4.74 Å². The Morgan fingerprint density at radius 1 is 0.562 bits per heavy atom. The molecule has 0 spiro atoms. The second-order valence-corrected chi connectivity index (χ2v) is 6.96. The molecule has 0 heterocycles. The van der Waals surface area contributed by atoms with Crippen LogP contribution in [-0.2, 0) is 6.11 Å². The average molecular weight is 444 g/mol. The zero-order valence-electron chi connectivity index (χ0n) is 16.3. The number of hydrogen-bond donors (Lipinski definition) is 0. The minimum Gasteiger partial charge on any atom is -0.429 e. The summed E-state index contributed by atoms with van der Waals surface area (Å²) >= 11 is 0. The van der Waals surface area contributed by atoms with Crippen LogP contribution in [0.15, 0.2) is 84.9 Å². The molecule has 0 unspecified atom stereocenters. The molecule has 0 aliphatic rings. The topological polar surface area (TPSA) is 9.23 Å². The van der Waals surface area contributed by atoms with Gasteiger partial charge in [-0.25, -0.2) is 17.6 Å². The standard InChI is InChI=1S/C25H14F6O/c26-21-12-17(15-4-2-1-3-5-15)8-11-20(21)16-6-9-18(10-7-16)25(30,31)32-19-13-22(27)24(29)23(28)14-19/h1-14H. The lowest BCUT2D eigenvalue weighted by Crippen LogP contribution is -2.22. The molecule has 0 saturated carbocycles. The fraction of sp³-hybridized carbons (Fsp3) is 0.0400. The molecule has 32 heavy (non-hydrogen) atoms. The maximum atomic E-state index is 14.7. The van der Waals surface area contributed by atoms with E-state index in [4.69, 9.17) is 0 Å². The predicted molar refractivity (Wildman–Crippen MR) is 108 cm³/mol. The van der Waals surface area contributed by atoms with Gasteiger partial charge in [-0.15, -0.1) is 0 Å². The third-order valence-corrected chi connectivity index (χ3v) is 4.81. The van der Waals surface area contributed by atoms with Crippen molar-refractivity contribution in [3.05, 3.63) is 114 Å². The van der Waals surface area contributed by atoms with Gasteiger partial charge in [-0.2, -0.15) is 8.78 Å². The van der Waals surface area contributed by atoms with Gasteiger partial charge in [-0.05, 0) is 34.9 Å². The molecule has 0 N–H and O–H groups in total. The Balaban J connectivity index is 1.57. The highest BCUT2D eigenvalue weighted by Gasteiger charge is 2.35. The van der Waals surface area contributed by atoms with Crippen LogP contribution in [0.4, 0.5) is 26.3 Å². The van der Waals surface area contributed by atoms with E-state index in [0.29, 0.717) is 23.3 Å². The number of benzene rings is 4. The van der Waals surface area contributed by atoms with E-state index in [1.807, 2.05) is 30.3 Å². The first-order valence-electron chi connectivity index (χ1n) is 9.42. The third kappa shape index (κ3) is 4.32. The highest BCUT2D eigenvalue weighted by Crippen LogP contribution is 2.35. The Labute approximate surface area is 179 Å². The van der Waals surface area contributed by atoms with Crippen LogP contribution in [0, 0.1) is 23.3 Å². The van der Waals surface area contributed by atoms with Gasteiger partial charge in [0.25, 0.3) is 0 Å². The lowest BCUT2D eigenvalue weighted by molar-refractivity contribution is -0.185. The maximum absolute atomic E-state index is 14.7. The molecule has 0 amide bonds. The quantitative estimate of drug-likeness (QED) is 0.226. The molecule has 0 aromatic heterocycles. The zero-order chi connectivity index (χ0) is 22.9. The average Bonchev–Trinajstić information content (AvgIpc) is 2.78. The van der Waals surface area contributed by atoms with Crippen molar-refractivity contribution in [3.63, 3.8) is 0 Å². The summed E-state index contributed by atoms with van der Waals surface area (Å²) in [5, 5.41) is 0. The smallest absolute Gasteiger partial charge is 0.426 e. The molecular formula is C25H14F6O. The van der Waals surface area contributed by atoms with Gasteiger partial charge in [0.05, 0.1) is 5.56 Å². The predicted octanol–water partition coefficient (Wildman–Crippen LogP) is 7.71. The van der Waals surface area contributed by atoms with E-state index < -0.39 is 40.7 Å². The van der Waals surface area contributed by atoms with E-state index in [-0.39, 0.29) is 5.56 Å². The fourth-order valence-electron chi connectivity index (χ4n) is 3.20. The van der Waals surface area contributed by atoms with Gasteiger partial charge in [-0.3, -0.25) is 0 Å². The van der Waals surface area contributed by atoms with Crippen LogP contribution in [0.3, 0.4) is 0 Å². The highest BCUT2D eigenvalue weighted by atomic mass is 19.3.